The Labute approximate surface area is 335 Å². The van der Waals surface area contributed by atoms with Crippen LogP contribution in [0.15, 0.2) is 35.4 Å². The largest absolute Gasteiger partial charge is 0.491 e. The number of carbonyl (C=O) groups is 4. The molecule has 0 fully saturated rings. The van der Waals surface area contributed by atoms with Crippen LogP contribution in [-0.2, 0) is 24.4 Å². The second kappa shape index (κ2) is 17.0. The number of aryl methyl sites for hydroxylation is 4. The van der Waals surface area contributed by atoms with Gasteiger partial charge in [-0.15, -0.1) is 0 Å². The van der Waals surface area contributed by atoms with Crippen molar-refractivity contribution in [3.63, 3.8) is 0 Å². The van der Waals surface area contributed by atoms with E-state index in [4.69, 9.17) is 25.9 Å². The first kappa shape index (κ1) is 41.2. The predicted molar refractivity (Wildman–Crippen MR) is 220 cm³/mol. The highest BCUT2D eigenvalue weighted by Gasteiger charge is 2.43. The van der Waals surface area contributed by atoms with Crippen molar-refractivity contribution in [2.24, 2.45) is 16.6 Å². The number of hydrogen-bond donors (Lipinski definition) is 4. The number of benzene rings is 2. The minimum absolute atomic E-state index is 0.160. The number of imidazole rings is 2. The van der Waals surface area contributed by atoms with Crippen LogP contribution in [0.1, 0.15) is 104 Å². The molecule has 1 atom stereocenters. The van der Waals surface area contributed by atoms with Crippen molar-refractivity contribution in [1.82, 2.24) is 33.9 Å². The van der Waals surface area contributed by atoms with Crippen LogP contribution in [0.3, 0.4) is 0 Å². The third-order valence-corrected chi connectivity index (χ3v) is 10.0. The summed E-state index contributed by atoms with van der Waals surface area (Å²) in [6, 6.07) is 8.02. The molecule has 1 aliphatic heterocycles. The third kappa shape index (κ3) is 8.03. The number of nitrogens with two attached hydrogens (primary N) is 2. The lowest BCUT2D eigenvalue weighted by atomic mass is 9.95. The fourth-order valence-electron chi connectivity index (χ4n) is 7.39. The van der Waals surface area contributed by atoms with E-state index in [2.05, 4.69) is 25.8 Å². The molecule has 0 saturated heterocycles. The van der Waals surface area contributed by atoms with Crippen LogP contribution < -0.4 is 31.6 Å². The molecule has 0 bridgehead atoms. The average molecular weight is 797 g/mol. The van der Waals surface area contributed by atoms with Crippen molar-refractivity contribution in [2.45, 2.75) is 99.3 Å². The normalized spacial score (nSPS) is 15.2. The summed E-state index contributed by atoms with van der Waals surface area (Å²) < 4.78 is 17.9. The van der Waals surface area contributed by atoms with Gasteiger partial charge in [0.05, 0.1) is 29.9 Å². The zero-order valence-electron chi connectivity index (χ0n) is 34.1. The van der Waals surface area contributed by atoms with Crippen LogP contribution in [-0.4, -0.2) is 88.5 Å². The monoisotopic (exact) mass is 796 g/mol. The molecule has 4 amide bonds. The minimum Gasteiger partial charge on any atom is -0.491 e. The van der Waals surface area contributed by atoms with Gasteiger partial charge in [-0.25, -0.2) is 9.97 Å². The summed E-state index contributed by atoms with van der Waals surface area (Å²) in [7, 11) is 0. The standard InChI is InChI=1S/C40H52N12O6/c1-8-13-49-32-27(43-38(49)45-36(55)29-17-23(5)47-51(29)10-3)18-25(34(41)53)20-30(32)57-15-12-16-58-31-21-26(35(42)54)19-28-33(31)50(14-9-2)39(44-28)46-37(56)40(7)22-24(6)48-52(40)11-4/h17-21H,8-16,22H2,1-7H3,(H2,41,53)(H2,42,54)(H,43,45,55)(H,44,46,56). The molecule has 58 heavy (non-hydrogen) atoms. The molecule has 18 heteroatoms. The van der Waals surface area contributed by atoms with Gasteiger partial charge in [0.25, 0.3) is 11.8 Å². The lowest BCUT2D eigenvalue weighted by molar-refractivity contribution is -0.126. The molecule has 0 saturated carbocycles. The zero-order valence-corrected chi connectivity index (χ0v) is 34.1. The van der Waals surface area contributed by atoms with Gasteiger partial charge in [0, 0.05) is 55.9 Å². The molecule has 6 rings (SSSR count). The number of anilines is 2. The van der Waals surface area contributed by atoms with Gasteiger partial charge in [0.1, 0.15) is 33.8 Å². The van der Waals surface area contributed by atoms with E-state index in [1.165, 1.54) is 0 Å². The minimum atomic E-state index is -0.892. The van der Waals surface area contributed by atoms with Gasteiger partial charge < -0.3 is 30.1 Å². The van der Waals surface area contributed by atoms with Gasteiger partial charge in [-0.3, -0.25) is 39.5 Å². The number of ether oxygens (including phenoxy) is 2. The number of likely N-dealkylation sites (N-methyl/N-ethyl adjacent to an activating group) is 1. The second-order valence-electron chi connectivity index (χ2n) is 14.5. The first-order valence-corrected chi connectivity index (χ1v) is 19.6. The zero-order chi connectivity index (χ0) is 41.9. The lowest BCUT2D eigenvalue weighted by Crippen LogP contribution is -2.50. The number of hydrazone groups is 1. The SMILES string of the molecule is CCCn1c(NC(=O)c2cc(C)nn2CC)nc2cc(C(N)=O)cc(OCCCOc3cc(C(N)=O)cc4nc(NC(=O)C5(C)CC(C)=NN5CC)n(CCC)c34)c21. The molecular formula is C40H52N12O6. The number of carbonyl (C=O) groups excluding carboxylic acids is 4. The van der Waals surface area contributed by atoms with E-state index < -0.39 is 17.4 Å². The van der Waals surface area contributed by atoms with Gasteiger partial charge >= 0.3 is 0 Å². The van der Waals surface area contributed by atoms with Crippen LogP contribution in [0.25, 0.3) is 22.1 Å². The first-order valence-electron chi connectivity index (χ1n) is 19.6. The molecule has 3 aromatic heterocycles. The molecule has 4 heterocycles. The van der Waals surface area contributed by atoms with Crippen LogP contribution in [0.5, 0.6) is 11.5 Å². The summed E-state index contributed by atoms with van der Waals surface area (Å²) in [6.07, 6.45) is 2.30. The second-order valence-corrected chi connectivity index (χ2v) is 14.5. The molecule has 0 aliphatic carbocycles. The summed E-state index contributed by atoms with van der Waals surface area (Å²) in [6.45, 7) is 15.9. The molecule has 5 aromatic rings. The molecule has 18 nitrogen and oxygen atoms in total. The van der Waals surface area contributed by atoms with Gasteiger partial charge in [-0.1, -0.05) is 13.8 Å². The number of aromatic nitrogens is 6. The molecule has 2 aromatic carbocycles. The molecule has 6 N–H and O–H groups in total. The molecule has 308 valence electrons. The number of fused-ring (bicyclic) bond motifs is 2. The van der Waals surface area contributed by atoms with E-state index in [0.717, 1.165) is 12.1 Å². The molecule has 0 spiro atoms. The van der Waals surface area contributed by atoms with Crippen molar-refractivity contribution >= 4 is 63.3 Å². The Morgan fingerprint density at radius 3 is 1.79 bits per heavy atom. The van der Waals surface area contributed by atoms with Gasteiger partial charge in [-0.2, -0.15) is 10.2 Å². The van der Waals surface area contributed by atoms with Gasteiger partial charge in [0.15, 0.2) is 0 Å². The lowest BCUT2D eigenvalue weighted by Gasteiger charge is -2.32. The Kier molecular flexibility index (Phi) is 12.0. The topological polar surface area (TPSA) is 232 Å². The number of primary amides is 2. The molecule has 1 unspecified atom stereocenters. The summed E-state index contributed by atoms with van der Waals surface area (Å²) in [5.74, 6) is -0.589. The van der Waals surface area contributed by atoms with Crippen LogP contribution in [0, 0.1) is 6.92 Å². The molecule has 0 radical (unpaired) electrons. The smallest absolute Gasteiger partial charge is 0.276 e. The highest BCUT2D eigenvalue weighted by Crippen LogP contribution is 2.35. The number of hydrogen-bond acceptors (Lipinski definition) is 11. The van der Waals surface area contributed by atoms with E-state index in [-0.39, 0.29) is 36.2 Å². The van der Waals surface area contributed by atoms with E-state index in [9.17, 15) is 19.2 Å². The Hall–Kier alpha value is -6.46. The highest BCUT2D eigenvalue weighted by atomic mass is 16.5. The van der Waals surface area contributed by atoms with Crippen LogP contribution in [0.2, 0.25) is 0 Å². The number of nitrogens with one attached hydrogen (secondary N) is 2. The fraction of sp³-hybridized carbons (Fsp3) is 0.450. The molecule has 1 aliphatic rings. The predicted octanol–water partition coefficient (Wildman–Crippen LogP) is 4.83. The van der Waals surface area contributed by atoms with E-state index in [0.29, 0.717) is 102 Å². The maximum absolute atomic E-state index is 13.8. The summed E-state index contributed by atoms with van der Waals surface area (Å²) in [5, 5.41) is 16.7. The number of nitrogens with zero attached hydrogens (tertiary/aromatic N) is 8. The van der Waals surface area contributed by atoms with E-state index in [1.807, 2.05) is 57.6 Å². The van der Waals surface area contributed by atoms with E-state index in [1.54, 1.807) is 40.0 Å². The summed E-state index contributed by atoms with van der Waals surface area (Å²) in [5.41, 5.74) is 15.0. The Morgan fingerprint density at radius 2 is 1.31 bits per heavy atom. The van der Waals surface area contributed by atoms with Gasteiger partial charge in [0.2, 0.25) is 23.7 Å². The Morgan fingerprint density at radius 1 is 0.776 bits per heavy atom. The Balaban J connectivity index is 1.24. The van der Waals surface area contributed by atoms with Crippen LogP contribution in [0.4, 0.5) is 11.9 Å². The van der Waals surface area contributed by atoms with Crippen molar-refractivity contribution in [3.8, 4) is 11.5 Å². The quantitative estimate of drug-likeness (QED) is 0.0883. The van der Waals surface area contributed by atoms with Crippen molar-refractivity contribution < 1.29 is 28.7 Å². The third-order valence-electron chi connectivity index (χ3n) is 10.0. The average Bonchev–Trinajstić information content (AvgIpc) is 3.92. The summed E-state index contributed by atoms with van der Waals surface area (Å²) in [4.78, 5) is 61.4. The van der Waals surface area contributed by atoms with Crippen molar-refractivity contribution in [1.29, 1.82) is 0 Å². The summed E-state index contributed by atoms with van der Waals surface area (Å²) >= 11 is 0. The maximum atomic E-state index is 13.8. The maximum Gasteiger partial charge on any atom is 0.276 e. The first-order chi connectivity index (χ1) is 27.7. The van der Waals surface area contributed by atoms with Crippen molar-refractivity contribution in [3.05, 3.63) is 52.8 Å². The fourth-order valence-corrected chi connectivity index (χ4v) is 7.39. The highest BCUT2D eigenvalue weighted by molar-refractivity contribution is 6.05. The Bertz CT molecular complexity index is 2430. The van der Waals surface area contributed by atoms with Gasteiger partial charge in [-0.05, 0) is 77.8 Å². The van der Waals surface area contributed by atoms with E-state index >= 15 is 0 Å². The van der Waals surface area contributed by atoms with Crippen molar-refractivity contribution in [2.75, 3.05) is 30.4 Å². The number of rotatable bonds is 18. The van der Waals surface area contributed by atoms with Crippen LogP contribution >= 0.6 is 0 Å². The molecular weight excluding hydrogens is 745 g/mol. The number of amides is 4.